The number of nitrogens with zero attached hydrogens (tertiary/aromatic N) is 1. The van der Waals surface area contributed by atoms with Gasteiger partial charge in [0, 0.05) is 19.1 Å². The average molecular weight is 170 g/mol. The Balaban J connectivity index is 2.63. The van der Waals surface area contributed by atoms with Gasteiger partial charge < -0.3 is 10.6 Å². The zero-order valence-corrected chi connectivity index (χ0v) is 7.92. The van der Waals surface area contributed by atoms with E-state index in [0.29, 0.717) is 12.6 Å². The van der Waals surface area contributed by atoms with Gasteiger partial charge in [-0.2, -0.15) is 0 Å². The molecule has 0 spiro atoms. The summed E-state index contributed by atoms with van der Waals surface area (Å²) in [4.78, 5) is 13.6. The Labute approximate surface area is 73.9 Å². The fourth-order valence-corrected chi connectivity index (χ4v) is 1.86. The minimum Gasteiger partial charge on any atom is -0.340 e. The lowest BCUT2D eigenvalue weighted by molar-refractivity contribution is -0.140. The van der Waals surface area contributed by atoms with Gasteiger partial charge in [-0.3, -0.25) is 4.79 Å². The molecule has 0 aromatic rings. The van der Waals surface area contributed by atoms with Crippen molar-refractivity contribution in [2.75, 3.05) is 13.1 Å². The molecule has 0 radical (unpaired) electrons. The monoisotopic (exact) mass is 170 g/mol. The third-order valence-electron chi connectivity index (χ3n) is 2.72. The second-order valence-electron chi connectivity index (χ2n) is 3.48. The van der Waals surface area contributed by atoms with Crippen molar-refractivity contribution < 1.29 is 4.79 Å². The normalized spacial score (nSPS) is 30.9. The summed E-state index contributed by atoms with van der Waals surface area (Å²) in [5.41, 5.74) is 5.51. The van der Waals surface area contributed by atoms with Crippen LogP contribution in [-0.2, 0) is 4.79 Å². The van der Waals surface area contributed by atoms with Crippen molar-refractivity contribution in [2.24, 2.45) is 11.7 Å². The molecule has 0 unspecified atom stereocenters. The minimum absolute atomic E-state index is 0.0844. The Hall–Kier alpha value is -0.570. The van der Waals surface area contributed by atoms with Crippen molar-refractivity contribution in [2.45, 2.75) is 32.7 Å². The molecule has 1 heterocycles. The van der Waals surface area contributed by atoms with Crippen molar-refractivity contribution in [1.29, 1.82) is 0 Å². The standard InChI is InChI=1S/C9H18N2O/c1-3-11-7(2)4-5-8(6-10)9(11)12/h7-8H,3-6,10H2,1-2H3/t7-,8+/m1/s1. The number of nitrogens with two attached hydrogens (primary N) is 1. The molecule has 0 aromatic carbocycles. The fourth-order valence-electron chi connectivity index (χ4n) is 1.86. The molecule has 0 saturated carbocycles. The number of carbonyl (C=O) groups is 1. The maximum absolute atomic E-state index is 11.6. The summed E-state index contributed by atoms with van der Waals surface area (Å²) >= 11 is 0. The first-order valence-electron chi connectivity index (χ1n) is 4.71. The average Bonchev–Trinajstić information content (AvgIpc) is 2.06. The number of carbonyl (C=O) groups excluding carboxylic acids is 1. The zero-order valence-electron chi connectivity index (χ0n) is 7.92. The molecule has 0 aromatic heterocycles. The van der Waals surface area contributed by atoms with Crippen LogP contribution in [0.15, 0.2) is 0 Å². The SMILES string of the molecule is CCN1C(=O)[C@H](CN)CC[C@H]1C. The van der Waals surface area contributed by atoms with Gasteiger partial charge in [0.1, 0.15) is 0 Å². The van der Waals surface area contributed by atoms with E-state index in [1.165, 1.54) is 0 Å². The second-order valence-corrected chi connectivity index (χ2v) is 3.48. The number of hydrogen-bond acceptors (Lipinski definition) is 2. The van der Waals surface area contributed by atoms with Crippen LogP contribution in [0.5, 0.6) is 0 Å². The summed E-state index contributed by atoms with van der Waals surface area (Å²) < 4.78 is 0. The highest BCUT2D eigenvalue weighted by atomic mass is 16.2. The molecule has 1 aliphatic heterocycles. The Bertz CT molecular complexity index is 170. The van der Waals surface area contributed by atoms with Crippen molar-refractivity contribution in [3.05, 3.63) is 0 Å². The maximum atomic E-state index is 11.6. The minimum atomic E-state index is 0.0844. The first kappa shape index (κ1) is 9.52. The lowest BCUT2D eigenvalue weighted by atomic mass is 9.93. The molecule has 1 rings (SSSR count). The predicted octanol–water partition coefficient (Wildman–Crippen LogP) is 0.592. The molecular weight excluding hydrogens is 152 g/mol. The molecule has 1 aliphatic rings. The molecule has 2 N–H and O–H groups in total. The third-order valence-corrected chi connectivity index (χ3v) is 2.72. The van der Waals surface area contributed by atoms with Crippen molar-refractivity contribution >= 4 is 5.91 Å². The van der Waals surface area contributed by atoms with Crippen molar-refractivity contribution in [1.82, 2.24) is 4.90 Å². The molecule has 70 valence electrons. The molecule has 0 aliphatic carbocycles. The highest BCUT2D eigenvalue weighted by molar-refractivity contribution is 5.80. The lowest BCUT2D eigenvalue weighted by Crippen LogP contribution is -2.48. The van der Waals surface area contributed by atoms with Crippen LogP contribution in [0, 0.1) is 5.92 Å². The number of hydrogen-bond donors (Lipinski definition) is 1. The van der Waals surface area contributed by atoms with Crippen molar-refractivity contribution in [3.8, 4) is 0 Å². The Morgan fingerprint density at radius 3 is 2.75 bits per heavy atom. The predicted molar refractivity (Wildman–Crippen MR) is 48.6 cm³/mol. The fraction of sp³-hybridized carbons (Fsp3) is 0.889. The van der Waals surface area contributed by atoms with E-state index in [1.807, 2.05) is 11.8 Å². The summed E-state index contributed by atoms with van der Waals surface area (Å²) in [6.07, 6.45) is 2.06. The van der Waals surface area contributed by atoms with Crippen LogP contribution in [0.4, 0.5) is 0 Å². The van der Waals surface area contributed by atoms with Gasteiger partial charge in [0.15, 0.2) is 0 Å². The lowest BCUT2D eigenvalue weighted by Gasteiger charge is -2.36. The van der Waals surface area contributed by atoms with Crippen LogP contribution < -0.4 is 5.73 Å². The molecule has 1 saturated heterocycles. The first-order valence-corrected chi connectivity index (χ1v) is 4.71. The van der Waals surface area contributed by atoms with E-state index in [1.54, 1.807) is 0 Å². The van der Waals surface area contributed by atoms with Gasteiger partial charge >= 0.3 is 0 Å². The van der Waals surface area contributed by atoms with Crippen LogP contribution in [-0.4, -0.2) is 29.9 Å². The van der Waals surface area contributed by atoms with Crippen molar-refractivity contribution in [3.63, 3.8) is 0 Å². The first-order chi connectivity index (χ1) is 5.70. The molecule has 2 atom stereocenters. The number of amides is 1. The number of rotatable bonds is 2. The van der Waals surface area contributed by atoms with E-state index in [4.69, 9.17) is 5.73 Å². The summed E-state index contributed by atoms with van der Waals surface area (Å²) in [7, 11) is 0. The van der Waals surface area contributed by atoms with E-state index in [-0.39, 0.29) is 11.8 Å². The van der Waals surface area contributed by atoms with Gasteiger partial charge in [-0.25, -0.2) is 0 Å². The molecule has 1 amide bonds. The number of likely N-dealkylation sites (tertiary alicyclic amines) is 1. The van der Waals surface area contributed by atoms with Crippen LogP contribution in [0.3, 0.4) is 0 Å². The molecule has 3 nitrogen and oxygen atoms in total. The van der Waals surface area contributed by atoms with Gasteiger partial charge in [0.25, 0.3) is 0 Å². The maximum Gasteiger partial charge on any atom is 0.227 e. The summed E-state index contributed by atoms with van der Waals surface area (Å²) in [6, 6.07) is 0.408. The molecule has 12 heavy (non-hydrogen) atoms. The topological polar surface area (TPSA) is 46.3 Å². The Kier molecular flexibility index (Phi) is 3.09. The highest BCUT2D eigenvalue weighted by Gasteiger charge is 2.30. The van der Waals surface area contributed by atoms with Crippen LogP contribution in [0.25, 0.3) is 0 Å². The van der Waals surface area contributed by atoms with E-state index >= 15 is 0 Å². The van der Waals surface area contributed by atoms with Gasteiger partial charge in [-0.15, -0.1) is 0 Å². The molecule has 1 fully saturated rings. The van der Waals surface area contributed by atoms with Crippen LogP contribution in [0.1, 0.15) is 26.7 Å². The van der Waals surface area contributed by atoms with E-state index < -0.39 is 0 Å². The number of piperidine rings is 1. The zero-order chi connectivity index (χ0) is 9.14. The van der Waals surface area contributed by atoms with Gasteiger partial charge in [0.2, 0.25) is 5.91 Å². The van der Waals surface area contributed by atoms with E-state index in [2.05, 4.69) is 6.92 Å². The molecular formula is C9H18N2O. The van der Waals surface area contributed by atoms with Gasteiger partial charge in [0.05, 0.1) is 5.92 Å². The summed E-state index contributed by atoms with van der Waals surface area (Å²) in [5, 5.41) is 0. The Morgan fingerprint density at radius 1 is 1.58 bits per heavy atom. The molecule has 0 bridgehead atoms. The van der Waals surface area contributed by atoms with Gasteiger partial charge in [-0.1, -0.05) is 0 Å². The summed E-state index contributed by atoms with van der Waals surface area (Å²) in [5.74, 6) is 0.333. The summed E-state index contributed by atoms with van der Waals surface area (Å²) in [6.45, 7) is 5.44. The van der Waals surface area contributed by atoms with Gasteiger partial charge in [-0.05, 0) is 26.7 Å². The smallest absolute Gasteiger partial charge is 0.227 e. The third kappa shape index (κ3) is 1.61. The highest BCUT2D eigenvalue weighted by Crippen LogP contribution is 2.21. The Morgan fingerprint density at radius 2 is 2.25 bits per heavy atom. The molecule has 3 heteroatoms. The second kappa shape index (κ2) is 3.90. The van der Waals surface area contributed by atoms with Crippen LogP contribution >= 0.6 is 0 Å². The van der Waals surface area contributed by atoms with E-state index in [0.717, 1.165) is 19.4 Å². The van der Waals surface area contributed by atoms with Crippen LogP contribution in [0.2, 0.25) is 0 Å². The largest absolute Gasteiger partial charge is 0.340 e. The quantitative estimate of drug-likeness (QED) is 0.659. The van der Waals surface area contributed by atoms with E-state index in [9.17, 15) is 4.79 Å².